The van der Waals surface area contributed by atoms with Crippen molar-refractivity contribution in [1.82, 2.24) is 30.0 Å². The van der Waals surface area contributed by atoms with Crippen LogP contribution in [0.15, 0.2) is 73.0 Å². The molecule has 2 aliphatic rings. The summed E-state index contributed by atoms with van der Waals surface area (Å²) in [6.45, 7) is 8.60. The molecule has 51 heavy (non-hydrogen) atoms. The minimum atomic E-state index is -0.922. The van der Waals surface area contributed by atoms with Crippen LogP contribution in [0.5, 0.6) is 0 Å². The van der Waals surface area contributed by atoms with Crippen LogP contribution >= 0.6 is 0 Å². The molecule has 6 atom stereocenters. The molecule has 4 heterocycles. The van der Waals surface area contributed by atoms with Gasteiger partial charge in [-0.15, -0.1) is 0 Å². The molecule has 5 rings (SSSR count). The standard InChI is InChI=1S/C37H48FN7O6/c1-25-5-7-32(46)21-35(48)51-36(26(2)6-8-33(25)50-37(49)40-22-30-9-11-39-24-41-30)27(3)17-28-18-29(38)20-31(19-28)43-13-15-44(16-14-43)34(47)23-45-12-4-10-42-45/h4,6,8-12,17-20,24-26,32-34,36,46-47H,5,7,13-16,21-23H2,1-3H3,(H,40,49)/b8-6+,27-17+/t25-,26-,32+,33-,34?,36-/m0/s1. The van der Waals surface area contributed by atoms with Crippen molar-refractivity contribution in [3.63, 3.8) is 0 Å². The summed E-state index contributed by atoms with van der Waals surface area (Å²) >= 11 is 0. The predicted molar refractivity (Wildman–Crippen MR) is 188 cm³/mol. The summed E-state index contributed by atoms with van der Waals surface area (Å²) in [6, 6.07) is 8.34. The quantitative estimate of drug-likeness (QED) is 0.219. The Morgan fingerprint density at radius 1 is 1.16 bits per heavy atom. The van der Waals surface area contributed by atoms with Gasteiger partial charge in [-0.25, -0.2) is 19.2 Å². The number of nitrogens with zero attached hydrogens (tertiary/aromatic N) is 6. The van der Waals surface area contributed by atoms with E-state index >= 15 is 4.39 Å². The highest BCUT2D eigenvalue weighted by Gasteiger charge is 2.28. The van der Waals surface area contributed by atoms with Crippen molar-refractivity contribution in [2.75, 3.05) is 31.1 Å². The molecule has 3 N–H and O–H groups in total. The van der Waals surface area contributed by atoms with Crippen molar-refractivity contribution in [2.45, 2.75) is 77.7 Å². The molecule has 2 aliphatic heterocycles. The number of cyclic esters (lactones) is 1. The lowest BCUT2D eigenvalue weighted by atomic mass is 9.91. The average Bonchev–Trinajstić information content (AvgIpc) is 3.63. The van der Waals surface area contributed by atoms with Crippen LogP contribution in [-0.2, 0) is 27.4 Å². The van der Waals surface area contributed by atoms with Crippen LogP contribution in [0.4, 0.5) is 14.9 Å². The lowest BCUT2D eigenvalue weighted by molar-refractivity contribution is -0.151. The SMILES string of the molecule is C/C(=C\c1cc(F)cc(N2CCN(C(O)Cn3cccn3)CC2)c1)[C@H]1OC(=O)C[C@H](O)CC[C@H](C)[C@@H](OC(=O)NCc2ccncn2)/C=C/[C@@H]1C. The number of carbonyl (C=O) groups is 2. The number of hydrogen-bond acceptors (Lipinski definition) is 11. The Labute approximate surface area is 297 Å². The van der Waals surface area contributed by atoms with Crippen molar-refractivity contribution in [3.05, 3.63) is 90.0 Å². The highest BCUT2D eigenvalue weighted by atomic mass is 19.1. The van der Waals surface area contributed by atoms with E-state index in [1.165, 1.54) is 18.5 Å². The van der Waals surface area contributed by atoms with Gasteiger partial charge in [-0.1, -0.05) is 26.0 Å². The molecule has 1 amide bonds. The predicted octanol–water partition coefficient (Wildman–Crippen LogP) is 3.94. The average molecular weight is 706 g/mol. The monoisotopic (exact) mass is 705 g/mol. The van der Waals surface area contributed by atoms with Crippen LogP contribution in [0.25, 0.3) is 6.08 Å². The van der Waals surface area contributed by atoms with Gasteiger partial charge in [-0.2, -0.15) is 5.10 Å². The van der Waals surface area contributed by atoms with Gasteiger partial charge >= 0.3 is 12.1 Å². The molecule has 1 aromatic carbocycles. The van der Waals surface area contributed by atoms with Crippen LogP contribution in [0.3, 0.4) is 0 Å². The summed E-state index contributed by atoms with van der Waals surface area (Å²) in [5.41, 5.74) is 2.65. The second kappa shape index (κ2) is 18.0. The molecule has 0 aliphatic carbocycles. The maximum absolute atomic E-state index is 15.0. The number of halogens is 1. The van der Waals surface area contributed by atoms with E-state index < -0.39 is 42.4 Å². The third kappa shape index (κ3) is 11.2. The number of benzene rings is 1. The normalized spacial score (nSPS) is 25.2. The van der Waals surface area contributed by atoms with E-state index in [1.54, 1.807) is 35.3 Å². The molecule has 1 unspecified atom stereocenters. The fourth-order valence-corrected chi connectivity index (χ4v) is 6.38. The summed E-state index contributed by atoms with van der Waals surface area (Å²) in [5, 5.41) is 28.2. The fraction of sp³-hybridized carbons (Fsp3) is 0.486. The highest BCUT2D eigenvalue weighted by Crippen LogP contribution is 2.27. The number of alkyl carbamates (subject to hydrolysis) is 1. The van der Waals surface area contributed by atoms with Crippen LogP contribution in [0, 0.1) is 17.7 Å². The highest BCUT2D eigenvalue weighted by molar-refractivity contribution is 5.71. The smallest absolute Gasteiger partial charge is 0.408 e. The van der Waals surface area contributed by atoms with E-state index in [1.807, 2.05) is 50.1 Å². The number of carbonyl (C=O) groups excluding carboxylic acids is 2. The number of anilines is 1. The van der Waals surface area contributed by atoms with Gasteiger partial charge in [0.2, 0.25) is 0 Å². The zero-order chi connectivity index (χ0) is 36.3. The molecular formula is C37H48FN7O6. The summed E-state index contributed by atoms with van der Waals surface area (Å²) in [6.07, 6.45) is 9.07. The van der Waals surface area contributed by atoms with Gasteiger partial charge in [0.05, 0.1) is 31.3 Å². The number of aromatic nitrogens is 4. The largest absolute Gasteiger partial charge is 0.457 e. The first kappa shape index (κ1) is 37.6. The number of amides is 1. The van der Waals surface area contributed by atoms with Crippen molar-refractivity contribution >= 4 is 23.8 Å². The van der Waals surface area contributed by atoms with Gasteiger partial charge in [0.25, 0.3) is 0 Å². The number of hydrogen-bond donors (Lipinski definition) is 3. The number of piperazine rings is 1. The summed E-state index contributed by atoms with van der Waals surface area (Å²) in [5.74, 6) is -1.42. The van der Waals surface area contributed by atoms with E-state index in [-0.39, 0.29) is 24.8 Å². The maximum Gasteiger partial charge on any atom is 0.408 e. The lowest BCUT2D eigenvalue weighted by Crippen LogP contribution is -2.51. The van der Waals surface area contributed by atoms with E-state index in [4.69, 9.17) is 9.47 Å². The number of rotatable bonds is 9. The first-order valence-corrected chi connectivity index (χ1v) is 17.4. The third-order valence-electron chi connectivity index (χ3n) is 9.32. The molecule has 274 valence electrons. The van der Waals surface area contributed by atoms with Crippen LogP contribution in [0.1, 0.15) is 51.3 Å². The van der Waals surface area contributed by atoms with Crippen molar-refractivity contribution < 1.29 is 33.7 Å². The van der Waals surface area contributed by atoms with E-state index in [0.29, 0.717) is 68.1 Å². The first-order valence-electron chi connectivity index (χ1n) is 17.4. The van der Waals surface area contributed by atoms with Crippen molar-refractivity contribution in [2.24, 2.45) is 11.8 Å². The van der Waals surface area contributed by atoms with Gasteiger partial charge in [0.15, 0.2) is 0 Å². The van der Waals surface area contributed by atoms with Crippen LogP contribution in [0.2, 0.25) is 0 Å². The zero-order valence-electron chi connectivity index (χ0n) is 29.3. The molecule has 2 aromatic heterocycles. The lowest BCUT2D eigenvalue weighted by Gasteiger charge is -2.38. The summed E-state index contributed by atoms with van der Waals surface area (Å²) in [7, 11) is 0. The van der Waals surface area contributed by atoms with Gasteiger partial charge < -0.3 is 29.9 Å². The molecule has 3 aromatic rings. The number of aliphatic hydroxyl groups is 2. The van der Waals surface area contributed by atoms with Crippen LogP contribution in [-0.4, -0.2) is 97.6 Å². The molecule has 0 spiro atoms. The summed E-state index contributed by atoms with van der Waals surface area (Å²) < 4.78 is 28.4. The zero-order valence-corrected chi connectivity index (χ0v) is 29.3. The van der Waals surface area contributed by atoms with E-state index in [9.17, 15) is 19.8 Å². The third-order valence-corrected chi connectivity index (χ3v) is 9.32. The second-order valence-electron chi connectivity index (χ2n) is 13.4. The van der Waals surface area contributed by atoms with Gasteiger partial charge in [-0.3, -0.25) is 14.4 Å². The van der Waals surface area contributed by atoms with Crippen LogP contribution < -0.4 is 10.2 Å². The van der Waals surface area contributed by atoms with Crippen molar-refractivity contribution in [1.29, 1.82) is 0 Å². The fourth-order valence-electron chi connectivity index (χ4n) is 6.38. The first-order chi connectivity index (χ1) is 24.5. The Morgan fingerprint density at radius 2 is 1.96 bits per heavy atom. The minimum absolute atomic E-state index is 0.148. The molecule has 1 saturated heterocycles. The van der Waals surface area contributed by atoms with E-state index in [2.05, 4.69) is 25.3 Å². The molecule has 1 fully saturated rings. The minimum Gasteiger partial charge on any atom is -0.457 e. The van der Waals surface area contributed by atoms with Gasteiger partial charge in [0.1, 0.15) is 30.6 Å². The van der Waals surface area contributed by atoms with Gasteiger partial charge in [-0.05, 0) is 73.2 Å². The molecule has 0 saturated carbocycles. The molecule has 0 bridgehead atoms. The number of nitrogens with one attached hydrogen (secondary N) is 1. The molecular weight excluding hydrogens is 657 g/mol. The topological polar surface area (TPSA) is 155 Å². The van der Waals surface area contributed by atoms with Gasteiger partial charge in [0, 0.05) is 56.4 Å². The maximum atomic E-state index is 15.0. The Balaban J connectivity index is 1.28. The van der Waals surface area contributed by atoms with Crippen molar-refractivity contribution in [3.8, 4) is 0 Å². The molecule has 0 radical (unpaired) electrons. The number of esters is 1. The molecule has 14 heteroatoms. The second-order valence-corrected chi connectivity index (χ2v) is 13.4. The Bertz CT molecular complexity index is 1630. The molecule has 13 nitrogen and oxygen atoms in total. The number of ether oxygens (including phenoxy) is 2. The summed E-state index contributed by atoms with van der Waals surface area (Å²) in [4.78, 5) is 37.8. The van der Waals surface area contributed by atoms with E-state index in [0.717, 1.165) is 0 Å². The number of aliphatic hydroxyl groups excluding tert-OH is 2. The Hall–Kier alpha value is -4.66. The Morgan fingerprint density at radius 3 is 2.69 bits per heavy atom. The Kier molecular flexibility index (Phi) is 13.3.